The summed E-state index contributed by atoms with van der Waals surface area (Å²) in [5.41, 5.74) is 2.84. The highest BCUT2D eigenvalue weighted by Gasteiger charge is 2.24. The van der Waals surface area contributed by atoms with Crippen molar-refractivity contribution >= 4 is 28.3 Å². The molecule has 1 heterocycles. The normalized spacial score (nSPS) is 16.9. The number of benzene rings is 3. The molecule has 4 rings (SSSR count). The molecule has 3 N–H and O–H groups in total. The van der Waals surface area contributed by atoms with Gasteiger partial charge in [-0.25, -0.2) is 0 Å². The molecule has 1 unspecified atom stereocenters. The first kappa shape index (κ1) is 20.9. The number of carbonyl (C=O) groups is 2. The van der Waals surface area contributed by atoms with Crippen molar-refractivity contribution in [3.05, 3.63) is 77.9 Å². The fourth-order valence-corrected chi connectivity index (χ4v) is 4.28. The number of hydrogen-bond acceptors (Lipinski definition) is 4. The topological polar surface area (TPSA) is 81.7 Å². The molecular weight excluding hydrogens is 390 g/mol. The summed E-state index contributed by atoms with van der Waals surface area (Å²) in [6.45, 7) is 3.69. The lowest BCUT2D eigenvalue weighted by atomic mass is 9.99. The first-order chi connectivity index (χ1) is 15.0. The molecular formula is C25H27N3O3. The van der Waals surface area contributed by atoms with Gasteiger partial charge in [-0.15, -0.1) is 0 Å². The van der Waals surface area contributed by atoms with Gasteiger partial charge < -0.3 is 20.6 Å². The number of rotatable bonds is 7. The van der Waals surface area contributed by atoms with Crippen molar-refractivity contribution in [2.45, 2.75) is 25.4 Å². The van der Waals surface area contributed by atoms with E-state index in [2.05, 4.69) is 64.9 Å². The van der Waals surface area contributed by atoms with Gasteiger partial charge in [-0.2, -0.15) is 0 Å². The van der Waals surface area contributed by atoms with E-state index in [4.69, 9.17) is 5.11 Å². The van der Waals surface area contributed by atoms with E-state index >= 15 is 0 Å². The third-order valence-corrected chi connectivity index (χ3v) is 5.86. The smallest absolute Gasteiger partial charge is 0.322 e. The molecule has 0 aromatic heterocycles. The van der Waals surface area contributed by atoms with Crippen LogP contribution in [-0.2, 0) is 4.79 Å². The Kier molecular flexibility index (Phi) is 6.18. The summed E-state index contributed by atoms with van der Waals surface area (Å²) < 4.78 is 0. The predicted molar refractivity (Wildman–Crippen MR) is 123 cm³/mol. The van der Waals surface area contributed by atoms with Crippen LogP contribution in [0.5, 0.6) is 0 Å². The molecule has 0 radical (unpaired) electrons. The summed E-state index contributed by atoms with van der Waals surface area (Å²) in [5.74, 6) is -1.43. The fourth-order valence-electron chi connectivity index (χ4n) is 4.28. The van der Waals surface area contributed by atoms with Crippen LogP contribution in [0.2, 0.25) is 0 Å². The first-order valence-electron chi connectivity index (χ1n) is 10.6. The van der Waals surface area contributed by atoms with Crippen LogP contribution >= 0.6 is 0 Å². The molecule has 1 aliphatic rings. The highest BCUT2D eigenvalue weighted by Crippen LogP contribution is 2.26. The molecule has 6 heteroatoms. The van der Waals surface area contributed by atoms with Gasteiger partial charge in [0.1, 0.15) is 6.54 Å². The van der Waals surface area contributed by atoms with Crippen molar-refractivity contribution < 1.29 is 14.7 Å². The van der Waals surface area contributed by atoms with Crippen molar-refractivity contribution in [2.75, 3.05) is 24.5 Å². The zero-order valence-corrected chi connectivity index (χ0v) is 17.5. The number of amides is 1. The van der Waals surface area contributed by atoms with Crippen LogP contribution in [0, 0.1) is 0 Å². The Morgan fingerprint density at radius 1 is 1.06 bits per heavy atom. The summed E-state index contributed by atoms with van der Waals surface area (Å²) in [6.07, 6.45) is 1.05. The van der Waals surface area contributed by atoms with Gasteiger partial charge in [0.05, 0.1) is 0 Å². The lowest BCUT2D eigenvalue weighted by molar-refractivity contribution is -0.135. The summed E-state index contributed by atoms with van der Waals surface area (Å²) in [5, 5.41) is 17.4. The molecule has 6 nitrogen and oxygen atoms in total. The van der Waals surface area contributed by atoms with Crippen molar-refractivity contribution in [1.29, 1.82) is 0 Å². The van der Waals surface area contributed by atoms with Gasteiger partial charge in [-0.05, 0) is 53.9 Å². The number of nitrogens with zero attached hydrogens (tertiary/aromatic N) is 1. The van der Waals surface area contributed by atoms with E-state index in [0.717, 1.165) is 25.2 Å². The molecule has 1 fully saturated rings. The number of hydrogen-bond donors (Lipinski definition) is 3. The largest absolute Gasteiger partial charge is 0.480 e. The Labute approximate surface area is 181 Å². The molecule has 0 saturated carbocycles. The second-order valence-electron chi connectivity index (χ2n) is 8.01. The molecule has 3 aromatic rings. The molecule has 31 heavy (non-hydrogen) atoms. The highest BCUT2D eigenvalue weighted by atomic mass is 16.4. The van der Waals surface area contributed by atoms with Crippen molar-refractivity contribution in [3.63, 3.8) is 0 Å². The third-order valence-electron chi connectivity index (χ3n) is 5.86. The zero-order valence-electron chi connectivity index (χ0n) is 17.5. The molecule has 0 aliphatic carbocycles. The minimum Gasteiger partial charge on any atom is -0.480 e. The monoisotopic (exact) mass is 417 g/mol. The Morgan fingerprint density at radius 3 is 2.58 bits per heavy atom. The Balaban J connectivity index is 1.37. The number of nitrogens with one attached hydrogen (secondary N) is 2. The van der Waals surface area contributed by atoms with Crippen molar-refractivity contribution in [2.24, 2.45) is 0 Å². The van der Waals surface area contributed by atoms with Crippen molar-refractivity contribution in [3.8, 4) is 0 Å². The quantitative estimate of drug-likeness (QED) is 0.547. The molecule has 3 aromatic carbocycles. The minimum atomic E-state index is -1.06. The Bertz CT molecular complexity index is 1080. The van der Waals surface area contributed by atoms with E-state index < -0.39 is 5.97 Å². The molecule has 0 bridgehead atoms. The maximum absolute atomic E-state index is 12.0. The van der Waals surface area contributed by atoms with Gasteiger partial charge in [0, 0.05) is 36.4 Å². The van der Waals surface area contributed by atoms with Crippen molar-refractivity contribution in [1.82, 2.24) is 10.6 Å². The van der Waals surface area contributed by atoms with E-state index in [1.54, 1.807) is 12.1 Å². The zero-order chi connectivity index (χ0) is 21.8. The number of carbonyl (C=O) groups excluding carboxylic acids is 1. The van der Waals surface area contributed by atoms with Crippen LogP contribution in [-0.4, -0.2) is 42.7 Å². The predicted octanol–water partition coefficient (Wildman–Crippen LogP) is 3.58. The van der Waals surface area contributed by atoms with Gasteiger partial charge in [-0.1, -0.05) is 42.5 Å². The maximum atomic E-state index is 12.0. The van der Waals surface area contributed by atoms with E-state index in [1.165, 1.54) is 16.3 Å². The second kappa shape index (κ2) is 9.18. The number of carboxylic acids is 1. The van der Waals surface area contributed by atoms with Crippen LogP contribution in [0.3, 0.4) is 0 Å². The van der Waals surface area contributed by atoms with Gasteiger partial charge in [0.25, 0.3) is 5.91 Å². The number of anilines is 1. The van der Waals surface area contributed by atoms with E-state index in [0.29, 0.717) is 11.6 Å². The molecule has 160 valence electrons. The molecule has 2 atom stereocenters. The first-order valence-corrected chi connectivity index (χ1v) is 10.6. The number of fused-ring (bicyclic) bond motifs is 1. The average molecular weight is 418 g/mol. The molecule has 1 aliphatic heterocycles. The van der Waals surface area contributed by atoms with Gasteiger partial charge in [-0.3, -0.25) is 9.59 Å². The average Bonchev–Trinajstić information content (AvgIpc) is 3.25. The lowest BCUT2D eigenvalue weighted by Gasteiger charge is -2.23. The van der Waals surface area contributed by atoms with E-state index in [9.17, 15) is 9.59 Å². The molecule has 0 spiro atoms. The standard InChI is InChI=1S/C25H27N3O3/c1-17(22-8-4-6-18-5-2-3-7-23(18)22)27-20-13-14-28(16-20)21-11-9-19(10-12-21)25(31)26-15-24(29)30/h2-12,17,20,27H,13-16H2,1H3,(H,26,31)(H,29,30)/t17?,20-/m0/s1. The highest BCUT2D eigenvalue weighted by molar-refractivity contribution is 5.96. The van der Waals surface area contributed by atoms with Crippen LogP contribution in [0.4, 0.5) is 5.69 Å². The summed E-state index contributed by atoms with van der Waals surface area (Å²) in [7, 11) is 0. The van der Waals surface area contributed by atoms with Gasteiger partial charge in [0.2, 0.25) is 0 Å². The SMILES string of the molecule is CC(N[C@H]1CCN(c2ccc(C(=O)NCC(=O)O)cc2)C1)c1cccc2ccccc12. The summed E-state index contributed by atoms with van der Waals surface area (Å²) in [4.78, 5) is 24.9. The van der Waals surface area contributed by atoms with Gasteiger partial charge in [0.15, 0.2) is 0 Å². The number of aliphatic carboxylic acids is 1. The number of carboxylic acid groups (broad SMARTS) is 1. The lowest BCUT2D eigenvalue weighted by Crippen LogP contribution is -2.34. The molecule has 1 amide bonds. The van der Waals surface area contributed by atoms with E-state index in [1.807, 2.05) is 12.1 Å². The van der Waals surface area contributed by atoms with E-state index in [-0.39, 0.29) is 18.5 Å². The minimum absolute atomic E-state index is 0.247. The van der Waals surface area contributed by atoms with Crippen LogP contribution < -0.4 is 15.5 Å². The maximum Gasteiger partial charge on any atom is 0.322 e. The van der Waals surface area contributed by atoms with Crippen LogP contribution in [0.25, 0.3) is 10.8 Å². The Hall–Kier alpha value is -3.38. The second-order valence-corrected chi connectivity index (χ2v) is 8.01. The Morgan fingerprint density at radius 2 is 1.81 bits per heavy atom. The summed E-state index contributed by atoms with van der Waals surface area (Å²) >= 11 is 0. The van der Waals surface area contributed by atoms with Crippen LogP contribution in [0.1, 0.15) is 35.3 Å². The fraction of sp³-hybridized carbons (Fsp3) is 0.280. The third kappa shape index (κ3) is 4.86. The van der Waals surface area contributed by atoms with Gasteiger partial charge >= 0.3 is 5.97 Å². The van der Waals surface area contributed by atoms with Crippen LogP contribution in [0.15, 0.2) is 66.7 Å². The molecule has 1 saturated heterocycles. The summed E-state index contributed by atoms with van der Waals surface area (Å²) in [6, 6.07) is 22.9.